The minimum Gasteiger partial charge on any atom is -0.463 e. The van der Waals surface area contributed by atoms with Crippen LogP contribution in [0.2, 0.25) is 0 Å². The van der Waals surface area contributed by atoms with Gasteiger partial charge in [-0.15, -0.1) is 0 Å². The van der Waals surface area contributed by atoms with Gasteiger partial charge in [-0.1, -0.05) is 0 Å². The molecule has 1 rings (SSSR count). The first-order chi connectivity index (χ1) is 6.14. The summed E-state index contributed by atoms with van der Waals surface area (Å²) in [7, 11) is -3.25. The molecule has 76 valence electrons. The predicted molar refractivity (Wildman–Crippen MR) is 45.6 cm³/mol. The smallest absolute Gasteiger partial charge is 0.348 e. The summed E-state index contributed by atoms with van der Waals surface area (Å²) in [5.41, 5.74) is -0.715. The Bertz CT molecular complexity index is 229. The lowest BCUT2D eigenvalue weighted by Gasteiger charge is -2.30. The van der Waals surface area contributed by atoms with Gasteiger partial charge in [-0.3, -0.25) is 9.36 Å². The first-order valence-corrected chi connectivity index (χ1v) is 5.80. The highest BCUT2D eigenvalue weighted by atomic mass is 31.2. The summed E-state index contributed by atoms with van der Waals surface area (Å²) in [5, 5.41) is 0. The molecule has 0 aromatic heterocycles. The first kappa shape index (κ1) is 10.7. The number of ether oxygens (including phenoxy) is 1. The van der Waals surface area contributed by atoms with Crippen molar-refractivity contribution in [2.24, 2.45) is 0 Å². The summed E-state index contributed by atoms with van der Waals surface area (Å²) in [6.07, 6.45) is 0. The molecular formula is C7H13O5P. The van der Waals surface area contributed by atoms with E-state index in [4.69, 9.17) is 9.05 Å². The van der Waals surface area contributed by atoms with E-state index in [1.54, 1.807) is 13.8 Å². The van der Waals surface area contributed by atoms with Crippen LogP contribution in [0.4, 0.5) is 0 Å². The van der Waals surface area contributed by atoms with Gasteiger partial charge in [0, 0.05) is 0 Å². The predicted octanol–water partition coefficient (Wildman–Crippen LogP) is 1.18. The molecule has 13 heavy (non-hydrogen) atoms. The SMILES string of the molecule is CCOP(=O)(OCC)C1COC1=O. The molecule has 6 heteroatoms. The van der Waals surface area contributed by atoms with E-state index in [1.807, 2.05) is 0 Å². The van der Waals surface area contributed by atoms with Gasteiger partial charge in [-0.05, 0) is 13.8 Å². The van der Waals surface area contributed by atoms with Crippen LogP contribution < -0.4 is 0 Å². The van der Waals surface area contributed by atoms with Crippen LogP contribution in [0.5, 0.6) is 0 Å². The Hall–Kier alpha value is -0.380. The number of carbonyl (C=O) groups excluding carboxylic acids is 1. The summed E-state index contributed by atoms with van der Waals surface area (Å²) < 4.78 is 26.3. The molecule has 0 spiro atoms. The van der Waals surface area contributed by atoms with E-state index in [1.165, 1.54) is 0 Å². The number of carbonyl (C=O) groups is 1. The van der Waals surface area contributed by atoms with Gasteiger partial charge in [-0.25, -0.2) is 0 Å². The molecule has 1 heterocycles. The molecule has 0 aliphatic carbocycles. The van der Waals surface area contributed by atoms with Gasteiger partial charge < -0.3 is 13.8 Å². The third kappa shape index (κ3) is 2.10. The average molecular weight is 208 g/mol. The molecule has 0 bridgehead atoms. The fourth-order valence-corrected chi connectivity index (χ4v) is 2.77. The maximum Gasteiger partial charge on any atom is 0.348 e. The minimum atomic E-state index is -3.25. The maximum atomic E-state index is 11.9. The summed E-state index contributed by atoms with van der Waals surface area (Å²) in [4.78, 5) is 10.9. The zero-order valence-electron chi connectivity index (χ0n) is 7.69. The van der Waals surface area contributed by atoms with Gasteiger partial charge in [0.15, 0.2) is 5.66 Å². The van der Waals surface area contributed by atoms with Gasteiger partial charge in [0.25, 0.3) is 0 Å². The van der Waals surface area contributed by atoms with Gasteiger partial charge >= 0.3 is 13.6 Å². The van der Waals surface area contributed by atoms with Crippen molar-refractivity contribution in [1.29, 1.82) is 0 Å². The molecule has 1 fully saturated rings. The highest BCUT2D eigenvalue weighted by Gasteiger charge is 2.49. The van der Waals surface area contributed by atoms with Gasteiger partial charge in [0.2, 0.25) is 0 Å². The van der Waals surface area contributed by atoms with Crippen molar-refractivity contribution < 1.29 is 23.1 Å². The zero-order valence-corrected chi connectivity index (χ0v) is 8.58. The first-order valence-electron chi connectivity index (χ1n) is 4.19. The molecule has 0 radical (unpaired) electrons. The van der Waals surface area contributed by atoms with Crippen LogP contribution in [0, 0.1) is 0 Å². The highest BCUT2D eigenvalue weighted by molar-refractivity contribution is 7.55. The van der Waals surface area contributed by atoms with Crippen molar-refractivity contribution in [2.45, 2.75) is 19.5 Å². The molecule has 1 aliphatic rings. The van der Waals surface area contributed by atoms with Crippen LogP contribution in [-0.2, 0) is 23.1 Å². The largest absolute Gasteiger partial charge is 0.463 e. The van der Waals surface area contributed by atoms with E-state index in [-0.39, 0.29) is 19.8 Å². The standard InChI is InChI=1S/C7H13O5P/c1-3-11-13(9,12-4-2)6-5-10-7(6)8/h6H,3-5H2,1-2H3. The van der Waals surface area contributed by atoms with E-state index in [0.29, 0.717) is 0 Å². The fraction of sp³-hybridized carbons (Fsp3) is 0.857. The molecule has 1 aliphatic heterocycles. The van der Waals surface area contributed by atoms with Crippen LogP contribution in [0.3, 0.4) is 0 Å². The number of cyclic esters (lactones) is 1. The molecule has 0 saturated carbocycles. The zero-order chi connectivity index (χ0) is 9.90. The Morgan fingerprint density at radius 1 is 1.46 bits per heavy atom. The Morgan fingerprint density at radius 3 is 2.23 bits per heavy atom. The van der Waals surface area contributed by atoms with E-state index in [2.05, 4.69) is 4.74 Å². The second-order valence-corrected chi connectivity index (χ2v) is 4.74. The molecule has 0 aromatic rings. The van der Waals surface area contributed by atoms with Crippen molar-refractivity contribution in [3.63, 3.8) is 0 Å². The normalized spacial score (nSPS) is 22.3. The van der Waals surface area contributed by atoms with Crippen molar-refractivity contribution in [3.8, 4) is 0 Å². The average Bonchev–Trinajstić information content (AvgIpc) is 2.02. The van der Waals surface area contributed by atoms with Crippen LogP contribution in [0.25, 0.3) is 0 Å². The fourth-order valence-electron chi connectivity index (χ4n) is 1.02. The Kier molecular flexibility index (Phi) is 3.47. The summed E-state index contributed by atoms with van der Waals surface area (Å²) in [6, 6.07) is 0. The Labute approximate surface area is 76.9 Å². The molecule has 1 unspecified atom stereocenters. The third-order valence-corrected chi connectivity index (χ3v) is 4.01. The molecule has 0 N–H and O–H groups in total. The summed E-state index contributed by atoms with van der Waals surface area (Å²) in [6.45, 7) is 4.07. The van der Waals surface area contributed by atoms with Crippen molar-refractivity contribution in [2.75, 3.05) is 19.8 Å². The van der Waals surface area contributed by atoms with E-state index >= 15 is 0 Å². The van der Waals surface area contributed by atoms with E-state index < -0.39 is 19.2 Å². The lowest BCUT2D eigenvalue weighted by atomic mass is 10.4. The maximum absolute atomic E-state index is 11.9. The van der Waals surface area contributed by atoms with Crippen LogP contribution in [0.1, 0.15) is 13.8 Å². The van der Waals surface area contributed by atoms with Crippen LogP contribution >= 0.6 is 7.60 Å². The molecule has 1 saturated heterocycles. The van der Waals surface area contributed by atoms with Crippen molar-refractivity contribution >= 4 is 13.6 Å². The molecule has 0 amide bonds. The number of esters is 1. The van der Waals surface area contributed by atoms with Gasteiger partial charge in [0.1, 0.15) is 6.61 Å². The highest BCUT2D eigenvalue weighted by Crippen LogP contribution is 2.55. The van der Waals surface area contributed by atoms with Crippen LogP contribution in [0.15, 0.2) is 0 Å². The molecular weight excluding hydrogens is 195 g/mol. The topological polar surface area (TPSA) is 61.8 Å². The molecule has 5 nitrogen and oxygen atoms in total. The minimum absolute atomic E-state index is 0.135. The Morgan fingerprint density at radius 2 is 2.00 bits per heavy atom. The molecule has 1 atom stereocenters. The monoisotopic (exact) mass is 208 g/mol. The van der Waals surface area contributed by atoms with Crippen molar-refractivity contribution in [3.05, 3.63) is 0 Å². The second-order valence-electron chi connectivity index (χ2n) is 2.52. The van der Waals surface area contributed by atoms with E-state index in [9.17, 15) is 9.36 Å². The quantitative estimate of drug-likeness (QED) is 0.501. The Balaban J connectivity index is 2.65. The second kappa shape index (κ2) is 4.22. The lowest BCUT2D eigenvalue weighted by Crippen LogP contribution is -2.41. The van der Waals surface area contributed by atoms with Crippen LogP contribution in [-0.4, -0.2) is 31.4 Å². The molecule has 0 aromatic carbocycles. The number of hydrogen-bond acceptors (Lipinski definition) is 5. The summed E-state index contributed by atoms with van der Waals surface area (Å²) >= 11 is 0. The van der Waals surface area contributed by atoms with Gasteiger partial charge in [0.05, 0.1) is 13.2 Å². The van der Waals surface area contributed by atoms with E-state index in [0.717, 1.165) is 0 Å². The number of hydrogen-bond donors (Lipinski definition) is 0. The lowest BCUT2D eigenvalue weighted by molar-refractivity contribution is -0.157. The summed E-state index contributed by atoms with van der Waals surface area (Å²) in [5.74, 6) is -0.495. The van der Waals surface area contributed by atoms with Gasteiger partial charge in [-0.2, -0.15) is 0 Å². The third-order valence-electron chi connectivity index (χ3n) is 1.66. The number of rotatable bonds is 5. The van der Waals surface area contributed by atoms with Crippen molar-refractivity contribution in [1.82, 2.24) is 0 Å².